The first kappa shape index (κ1) is 20.3. The fraction of sp³-hybridized carbons (Fsp3) is 0.500. The van der Waals surface area contributed by atoms with Gasteiger partial charge in [0.05, 0.1) is 11.8 Å². The van der Waals surface area contributed by atoms with E-state index in [1.165, 1.54) is 21.9 Å². The summed E-state index contributed by atoms with van der Waals surface area (Å²) in [5.41, 5.74) is 2.07. The zero-order valence-electron chi connectivity index (χ0n) is 15.4. The number of carbonyl (C=O) groups excluding carboxylic acids is 1. The molecule has 1 aromatic heterocycles. The Morgan fingerprint density at radius 3 is 2.77 bits per heavy atom. The first-order valence-electron chi connectivity index (χ1n) is 8.70. The molecule has 0 bridgehead atoms. The summed E-state index contributed by atoms with van der Waals surface area (Å²) in [5, 5.41) is 9.91. The maximum absolute atomic E-state index is 12.2. The highest BCUT2D eigenvalue weighted by Gasteiger charge is 2.13. The number of carbonyl (C=O) groups is 1. The van der Waals surface area contributed by atoms with Gasteiger partial charge in [0.25, 0.3) is 0 Å². The summed E-state index contributed by atoms with van der Waals surface area (Å²) in [4.78, 5) is 24.0. The molecule has 2 rings (SSSR count). The van der Waals surface area contributed by atoms with Crippen LogP contribution in [0.25, 0.3) is 0 Å². The topological polar surface area (TPSA) is 89.0 Å². The number of nitrogens with one attached hydrogen (secondary N) is 2. The predicted molar refractivity (Wildman–Crippen MR) is 102 cm³/mol. The number of H-pyrrole nitrogens is 1. The Kier molecular flexibility index (Phi) is 7.93. The van der Waals surface area contributed by atoms with E-state index < -0.39 is 0 Å². The van der Waals surface area contributed by atoms with Crippen LogP contribution in [-0.4, -0.2) is 40.1 Å². The van der Waals surface area contributed by atoms with Gasteiger partial charge >= 0.3 is 5.69 Å². The lowest BCUT2D eigenvalue weighted by molar-refractivity contribution is -0.119. The monoisotopic (exact) mass is 378 g/mol. The van der Waals surface area contributed by atoms with Crippen LogP contribution < -0.4 is 11.0 Å². The van der Waals surface area contributed by atoms with Gasteiger partial charge in [0.1, 0.15) is 0 Å². The molecule has 7 nitrogen and oxygen atoms in total. The molecule has 1 atom stereocenters. The van der Waals surface area contributed by atoms with E-state index in [1.54, 1.807) is 7.11 Å². The summed E-state index contributed by atoms with van der Waals surface area (Å²) in [6.45, 7) is 5.14. The van der Waals surface area contributed by atoms with E-state index in [9.17, 15) is 9.59 Å². The minimum absolute atomic E-state index is 0.0721. The Hall–Kier alpha value is -2.06. The average Bonchev–Trinajstić information content (AvgIpc) is 3.00. The van der Waals surface area contributed by atoms with E-state index in [2.05, 4.69) is 34.6 Å². The highest BCUT2D eigenvalue weighted by Crippen LogP contribution is 2.16. The van der Waals surface area contributed by atoms with Crippen molar-refractivity contribution in [2.24, 2.45) is 0 Å². The Labute approximate surface area is 157 Å². The van der Waals surface area contributed by atoms with Crippen LogP contribution >= 0.6 is 11.8 Å². The number of aryl methyl sites for hydroxylation is 1. The molecule has 2 N–H and O–H groups in total. The van der Waals surface area contributed by atoms with E-state index in [4.69, 9.17) is 4.74 Å². The van der Waals surface area contributed by atoms with Crippen molar-refractivity contribution in [3.8, 4) is 0 Å². The molecule has 8 heteroatoms. The average molecular weight is 378 g/mol. The van der Waals surface area contributed by atoms with Crippen molar-refractivity contribution in [3.63, 3.8) is 0 Å². The minimum atomic E-state index is -0.270. The van der Waals surface area contributed by atoms with Gasteiger partial charge in [-0.2, -0.15) is 0 Å². The SMILES string of the molecule is CCc1ccc(C(C)NC(=O)CSc2n[nH]c(=O)n2CCCOC)cc1. The van der Waals surface area contributed by atoms with Crippen LogP contribution in [0.15, 0.2) is 34.2 Å². The second-order valence-electron chi connectivity index (χ2n) is 5.98. The van der Waals surface area contributed by atoms with Crippen LogP contribution in [0.3, 0.4) is 0 Å². The van der Waals surface area contributed by atoms with Gasteiger partial charge in [0.2, 0.25) is 5.91 Å². The van der Waals surface area contributed by atoms with Crippen molar-refractivity contribution < 1.29 is 9.53 Å². The summed E-state index contributed by atoms with van der Waals surface area (Å²) in [7, 11) is 1.62. The molecule has 0 spiro atoms. The minimum Gasteiger partial charge on any atom is -0.385 e. The smallest absolute Gasteiger partial charge is 0.343 e. The summed E-state index contributed by atoms with van der Waals surface area (Å²) in [6.07, 6.45) is 1.70. The lowest BCUT2D eigenvalue weighted by Gasteiger charge is -2.14. The van der Waals surface area contributed by atoms with E-state index in [0.717, 1.165) is 12.0 Å². The molecule has 0 radical (unpaired) electrons. The number of hydrogen-bond donors (Lipinski definition) is 2. The van der Waals surface area contributed by atoms with Gasteiger partial charge in [-0.1, -0.05) is 43.0 Å². The number of ether oxygens (including phenoxy) is 1. The van der Waals surface area contributed by atoms with E-state index in [1.807, 2.05) is 19.1 Å². The molecular formula is C18H26N4O3S. The molecule has 1 amide bonds. The van der Waals surface area contributed by atoms with Crippen LogP contribution in [0.4, 0.5) is 0 Å². The Morgan fingerprint density at radius 1 is 1.38 bits per heavy atom. The Bertz CT molecular complexity index is 755. The quantitative estimate of drug-likeness (QED) is 0.488. The zero-order chi connectivity index (χ0) is 18.9. The van der Waals surface area contributed by atoms with Gasteiger partial charge in [0.15, 0.2) is 5.16 Å². The Balaban J connectivity index is 1.87. The second-order valence-corrected chi connectivity index (χ2v) is 6.92. The maximum atomic E-state index is 12.2. The molecule has 1 heterocycles. The summed E-state index contributed by atoms with van der Waals surface area (Å²) >= 11 is 1.25. The summed E-state index contributed by atoms with van der Waals surface area (Å²) in [5.74, 6) is 0.104. The van der Waals surface area contributed by atoms with Crippen molar-refractivity contribution in [2.75, 3.05) is 19.5 Å². The molecule has 0 aliphatic carbocycles. The lowest BCUT2D eigenvalue weighted by atomic mass is 10.1. The van der Waals surface area contributed by atoms with Crippen molar-refractivity contribution >= 4 is 17.7 Å². The van der Waals surface area contributed by atoms with Crippen molar-refractivity contribution in [1.82, 2.24) is 20.1 Å². The van der Waals surface area contributed by atoms with Gasteiger partial charge in [-0.25, -0.2) is 9.89 Å². The first-order valence-corrected chi connectivity index (χ1v) is 9.68. The van der Waals surface area contributed by atoms with Gasteiger partial charge < -0.3 is 10.1 Å². The second kappa shape index (κ2) is 10.2. The summed E-state index contributed by atoms with van der Waals surface area (Å²) < 4.78 is 6.53. The lowest BCUT2D eigenvalue weighted by Crippen LogP contribution is -2.28. The van der Waals surface area contributed by atoms with Crippen LogP contribution in [-0.2, 0) is 22.5 Å². The number of rotatable bonds is 10. The molecule has 2 aromatic rings. The number of aromatic amines is 1. The standard InChI is InChI=1S/C18H26N4O3S/c1-4-14-6-8-15(9-7-14)13(2)19-16(23)12-26-18-21-20-17(24)22(18)10-5-11-25-3/h6-9,13H,4-5,10-12H2,1-3H3,(H,19,23)(H,20,24). The van der Waals surface area contributed by atoms with Crippen LogP contribution in [0, 0.1) is 0 Å². The molecule has 0 fully saturated rings. The van der Waals surface area contributed by atoms with Gasteiger partial charge in [-0.15, -0.1) is 5.10 Å². The van der Waals surface area contributed by atoms with Gasteiger partial charge in [-0.05, 0) is 30.9 Å². The molecule has 0 saturated carbocycles. The first-order chi connectivity index (χ1) is 12.5. The molecule has 26 heavy (non-hydrogen) atoms. The predicted octanol–water partition coefficient (Wildman–Crippen LogP) is 2.14. The number of hydrogen-bond acceptors (Lipinski definition) is 5. The number of nitrogens with zero attached hydrogens (tertiary/aromatic N) is 2. The van der Waals surface area contributed by atoms with Crippen molar-refractivity contribution in [3.05, 3.63) is 45.9 Å². The number of methoxy groups -OCH3 is 1. The molecule has 1 aromatic carbocycles. The third kappa shape index (κ3) is 5.74. The largest absolute Gasteiger partial charge is 0.385 e. The molecular weight excluding hydrogens is 352 g/mol. The van der Waals surface area contributed by atoms with Crippen LogP contribution in [0.5, 0.6) is 0 Å². The Morgan fingerprint density at radius 2 is 2.12 bits per heavy atom. The zero-order valence-corrected chi connectivity index (χ0v) is 16.3. The number of thioether (sulfide) groups is 1. The highest BCUT2D eigenvalue weighted by atomic mass is 32.2. The molecule has 0 saturated heterocycles. The number of amides is 1. The third-order valence-electron chi connectivity index (χ3n) is 4.05. The fourth-order valence-corrected chi connectivity index (χ4v) is 3.30. The van der Waals surface area contributed by atoms with Crippen LogP contribution in [0.1, 0.15) is 37.4 Å². The third-order valence-corrected chi connectivity index (χ3v) is 5.03. The van der Waals surface area contributed by atoms with Gasteiger partial charge in [0, 0.05) is 20.3 Å². The van der Waals surface area contributed by atoms with E-state index >= 15 is 0 Å². The van der Waals surface area contributed by atoms with E-state index in [-0.39, 0.29) is 23.4 Å². The maximum Gasteiger partial charge on any atom is 0.343 e. The molecule has 1 unspecified atom stereocenters. The van der Waals surface area contributed by atoms with Crippen molar-refractivity contribution in [1.29, 1.82) is 0 Å². The highest BCUT2D eigenvalue weighted by molar-refractivity contribution is 7.99. The fourth-order valence-electron chi connectivity index (χ4n) is 2.52. The van der Waals surface area contributed by atoms with Crippen molar-refractivity contribution in [2.45, 2.75) is 44.4 Å². The molecule has 0 aliphatic rings. The van der Waals surface area contributed by atoms with E-state index in [0.29, 0.717) is 24.7 Å². The normalized spacial score (nSPS) is 12.1. The van der Waals surface area contributed by atoms with Crippen LogP contribution in [0.2, 0.25) is 0 Å². The number of benzene rings is 1. The van der Waals surface area contributed by atoms with Gasteiger partial charge in [-0.3, -0.25) is 9.36 Å². The summed E-state index contributed by atoms with van der Waals surface area (Å²) in [6, 6.07) is 8.16. The number of aromatic nitrogens is 3. The molecule has 142 valence electrons. The molecule has 0 aliphatic heterocycles.